The fourth-order valence-electron chi connectivity index (χ4n) is 3.16. The molecule has 2 heterocycles. The standard InChI is InChI=1S/C16H32N4O3S/c1-4-17-15(18-11-14-5-10-24(21,22)12-14)19-13-16(2,3)20-6-8-23-9-7-20/h14H,4-13H2,1-3H3,(H2,17,18,19). The van der Waals surface area contributed by atoms with Gasteiger partial charge in [-0.2, -0.15) is 0 Å². The Morgan fingerprint density at radius 2 is 2.00 bits per heavy atom. The van der Waals surface area contributed by atoms with E-state index in [2.05, 4.69) is 29.4 Å². The van der Waals surface area contributed by atoms with Gasteiger partial charge in [-0.25, -0.2) is 8.42 Å². The number of hydrogen-bond acceptors (Lipinski definition) is 5. The Balaban J connectivity index is 1.87. The summed E-state index contributed by atoms with van der Waals surface area (Å²) in [4.78, 5) is 7.13. The lowest BCUT2D eigenvalue weighted by atomic mass is 10.0. The van der Waals surface area contributed by atoms with E-state index in [4.69, 9.17) is 9.73 Å². The molecule has 2 rings (SSSR count). The van der Waals surface area contributed by atoms with Crippen LogP contribution in [0.1, 0.15) is 27.2 Å². The Bertz CT molecular complexity index is 527. The zero-order valence-corrected chi connectivity index (χ0v) is 16.0. The summed E-state index contributed by atoms with van der Waals surface area (Å²) in [7, 11) is -2.82. The van der Waals surface area contributed by atoms with E-state index in [-0.39, 0.29) is 11.5 Å². The van der Waals surface area contributed by atoms with Crippen LogP contribution in [0, 0.1) is 5.92 Å². The van der Waals surface area contributed by atoms with E-state index >= 15 is 0 Å². The van der Waals surface area contributed by atoms with Crippen molar-refractivity contribution in [3.05, 3.63) is 0 Å². The molecule has 0 aromatic heterocycles. The van der Waals surface area contributed by atoms with Crippen molar-refractivity contribution in [2.45, 2.75) is 32.7 Å². The van der Waals surface area contributed by atoms with Crippen LogP contribution in [0.5, 0.6) is 0 Å². The number of nitrogens with one attached hydrogen (secondary N) is 2. The zero-order chi connectivity index (χ0) is 17.6. The van der Waals surface area contributed by atoms with E-state index in [9.17, 15) is 8.42 Å². The molecule has 140 valence electrons. The molecule has 0 amide bonds. The maximum Gasteiger partial charge on any atom is 0.191 e. The predicted octanol–water partition coefficient (Wildman–Crippen LogP) is 0.0870. The van der Waals surface area contributed by atoms with E-state index in [1.165, 1.54) is 0 Å². The van der Waals surface area contributed by atoms with Crippen molar-refractivity contribution >= 4 is 15.8 Å². The first kappa shape index (κ1) is 19.5. The van der Waals surface area contributed by atoms with Crippen LogP contribution in [-0.4, -0.2) is 82.3 Å². The fraction of sp³-hybridized carbons (Fsp3) is 0.938. The number of rotatable bonds is 6. The number of guanidine groups is 1. The number of hydrogen-bond donors (Lipinski definition) is 2. The monoisotopic (exact) mass is 360 g/mol. The number of morpholine rings is 1. The summed E-state index contributed by atoms with van der Waals surface area (Å²) in [6, 6.07) is 0. The number of nitrogens with zero attached hydrogens (tertiary/aromatic N) is 2. The topological polar surface area (TPSA) is 83.0 Å². The molecule has 1 unspecified atom stereocenters. The molecule has 0 spiro atoms. The van der Waals surface area contributed by atoms with Crippen molar-refractivity contribution in [1.82, 2.24) is 15.5 Å². The second-order valence-corrected chi connectivity index (χ2v) is 9.49. The zero-order valence-electron chi connectivity index (χ0n) is 15.2. The highest BCUT2D eigenvalue weighted by atomic mass is 32.2. The molecule has 2 N–H and O–H groups in total. The van der Waals surface area contributed by atoms with Crippen LogP contribution < -0.4 is 10.6 Å². The summed E-state index contributed by atoms with van der Waals surface area (Å²) in [5.41, 5.74) is -0.0250. The van der Waals surface area contributed by atoms with Crippen LogP contribution in [0.2, 0.25) is 0 Å². The largest absolute Gasteiger partial charge is 0.379 e. The third-order valence-electron chi connectivity index (χ3n) is 4.72. The molecule has 0 aliphatic carbocycles. The van der Waals surface area contributed by atoms with Crippen molar-refractivity contribution in [2.75, 3.05) is 57.4 Å². The first-order chi connectivity index (χ1) is 11.3. The Morgan fingerprint density at radius 1 is 1.29 bits per heavy atom. The minimum atomic E-state index is -2.82. The van der Waals surface area contributed by atoms with Gasteiger partial charge in [0.15, 0.2) is 15.8 Å². The van der Waals surface area contributed by atoms with Gasteiger partial charge in [0.1, 0.15) is 0 Å². The van der Waals surface area contributed by atoms with Crippen LogP contribution in [0.15, 0.2) is 4.99 Å². The van der Waals surface area contributed by atoms with E-state index in [0.717, 1.165) is 45.2 Å². The van der Waals surface area contributed by atoms with E-state index in [1.54, 1.807) is 0 Å². The van der Waals surface area contributed by atoms with Crippen LogP contribution in [-0.2, 0) is 14.6 Å². The molecule has 0 radical (unpaired) electrons. The van der Waals surface area contributed by atoms with Crippen molar-refractivity contribution in [2.24, 2.45) is 10.9 Å². The van der Waals surface area contributed by atoms with Gasteiger partial charge in [0.25, 0.3) is 0 Å². The molecule has 0 bridgehead atoms. The smallest absolute Gasteiger partial charge is 0.191 e. The summed E-state index contributed by atoms with van der Waals surface area (Å²) in [5.74, 6) is 1.56. The Morgan fingerprint density at radius 3 is 2.58 bits per heavy atom. The lowest BCUT2D eigenvalue weighted by molar-refractivity contribution is -0.00683. The minimum Gasteiger partial charge on any atom is -0.379 e. The SMILES string of the molecule is CCNC(=NCC(C)(C)N1CCOCC1)NCC1CCS(=O)(=O)C1. The van der Waals surface area contributed by atoms with Crippen molar-refractivity contribution in [3.63, 3.8) is 0 Å². The first-order valence-corrected chi connectivity index (χ1v) is 10.7. The quantitative estimate of drug-likeness (QED) is 0.516. The average molecular weight is 361 g/mol. The molecular formula is C16H32N4O3S. The maximum atomic E-state index is 11.6. The molecule has 2 fully saturated rings. The predicted molar refractivity (Wildman–Crippen MR) is 97.2 cm³/mol. The van der Waals surface area contributed by atoms with Crippen LogP contribution in [0.25, 0.3) is 0 Å². The molecule has 0 saturated carbocycles. The Kier molecular flexibility index (Phi) is 6.88. The summed E-state index contributed by atoms with van der Waals surface area (Å²) < 4.78 is 28.5. The van der Waals surface area contributed by atoms with E-state index in [1.807, 2.05) is 6.92 Å². The summed E-state index contributed by atoms with van der Waals surface area (Å²) in [5, 5.41) is 6.56. The normalized spacial score (nSPS) is 25.6. The number of aliphatic imine (C=N–C) groups is 1. The van der Waals surface area contributed by atoms with Gasteiger partial charge < -0.3 is 15.4 Å². The van der Waals surface area contributed by atoms with Gasteiger partial charge in [0, 0.05) is 31.7 Å². The van der Waals surface area contributed by atoms with Crippen LogP contribution in [0.3, 0.4) is 0 Å². The highest BCUT2D eigenvalue weighted by Gasteiger charge is 2.29. The number of sulfone groups is 1. The molecule has 0 aromatic carbocycles. The lowest BCUT2D eigenvalue weighted by Gasteiger charge is -2.39. The van der Waals surface area contributed by atoms with Gasteiger partial charge in [0.05, 0.1) is 31.3 Å². The molecule has 1 atom stereocenters. The van der Waals surface area contributed by atoms with Gasteiger partial charge in [0.2, 0.25) is 0 Å². The van der Waals surface area contributed by atoms with Gasteiger partial charge in [-0.3, -0.25) is 9.89 Å². The maximum absolute atomic E-state index is 11.6. The van der Waals surface area contributed by atoms with Gasteiger partial charge >= 0.3 is 0 Å². The third kappa shape index (κ3) is 5.89. The van der Waals surface area contributed by atoms with Crippen LogP contribution in [0.4, 0.5) is 0 Å². The highest BCUT2D eigenvalue weighted by Crippen LogP contribution is 2.18. The minimum absolute atomic E-state index is 0.0250. The molecule has 7 nitrogen and oxygen atoms in total. The third-order valence-corrected chi connectivity index (χ3v) is 6.56. The summed E-state index contributed by atoms with van der Waals surface area (Å²) in [6.07, 6.45) is 0.744. The highest BCUT2D eigenvalue weighted by molar-refractivity contribution is 7.91. The number of ether oxygens (including phenoxy) is 1. The van der Waals surface area contributed by atoms with Crippen LogP contribution >= 0.6 is 0 Å². The van der Waals surface area contributed by atoms with Crippen molar-refractivity contribution < 1.29 is 13.2 Å². The fourth-order valence-corrected chi connectivity index (χ4v) is 5.02. The Hall–Kier alpha value is -0.860. The van der Waals surface area contributed by atoms with Gasteiger partial charge in [-0.05, 0) is 33.1 Å². The average Bonchev–Trinajstić information content (AvgIpc) is 2.90. The first-order valence-electron chi connectivity index (χ1n) is 8.88. The molecule has 8 heteroatoms. The Labute approximate surface area is 146 Å². The lowest BCUT2D eigenvalue weighted by Crippen LogP contribution is -2.52. The van der Waals surface area contributed by atoms with Crippen molar-refractivity contribution in [3.8, 4) is 0 Å². The molecule has 2 aliphatic rings. The summed E-state index contributed by atoms with van der Waals surface area (Å²) in [6.45, 7) is 12.0. The molecule has 2 aliphatic heterocycles. The van der Waals surface area contributed by atoms with Gasteiger partial charge in [-0.15, -0.1) is 0 Å². The second kappa shape index (κ2) is 8.49. The van der Waals surface area contributed by atoms with Gasteiger partial charge in [-0.1, -0.05) is 0 Å². The molecule has 2 saturated heterocycles. The molecule has 24 heavy (non-hydrogen) atoms. The van der Waals surface area contributed by atoms with Crippen molar-refractivity contribution in [1.29, 1.82) is 0 Å². The summed E-state index contributed by atoms with van der Waals surface area (Å²) >= 11 is 0. The van der Waals surface area contributed by atoms with E-state index < -0.39 is 9.84 Å². The molecular weight excluding hydrogens is 328 g/mol. The van der Waals surface area contributed by atoms with E-state index in [0.29, 0.717) is 24.6 Å². The second-order valence-electron chi connectivity index (χ2n) is 7.26. The molecule has 0 aromatic rings.